The van der Waals surface area contributed by atoms with Crippen LogP contribution in [-0.4, -0.2) is 30.7 Å². The van der Waals surface area contributed by atoms with Gasteiger partial charge in [0.25, 0.3) is 0 Å². The van der Waals surface area contributed by atoms with Gasteiger partial charge in [-0.2, -0.15) is 0 Å². The van der Waals surface area contributed by atoms with Crippen LogP contribution in [0, 0.1) is 5.92 Å². The molecule has 3 rings (SSSR count). The van der Waals surface area contributed by atoms with Crippen molar-refractivity contribution in [3.05, 3.63) is 71.8 Å². The summed E-state index contributed by atoms with van der Waals surface area (Å²) in [7, 11) is 4.40. The van der Waals surface area contributed by atoms with Crippen molar-refractivity contribution >= 4 is 0 Å². The van der Waals surface area contributed by atoms with E-state index in [1.807, 2.05) is 6.07 Å². The molecular weight excluding hydrogens is 294 g/mol. The minimum absolute atomic E-state index is 0.133. The van der Waals surface area contributed by atoms with Crippen LogP contribution in [0.1, 0.15) is 42.7 Å². The summed E-state index contributed by atoms with van der Waals surface area (Å²) in [5.74, 6) is 0.830. The maximum Gasteiger partial charge on any atom is 0.0502 e. The van der Waals surface area contributed by atoms with Crippen molar-refractivity contribution in [3.63, 3.8) is 0 Å². The fourth-order valence-corrected chi connectivity index (χ4v) is 4.49. The van der Waals surface area contributed by atoms with Gasteiger partial charge in [-0.1, -0.05) is 60.7 Å². The molecule has 2 aromatic rings. The molecule has 1 aliphatic carbocycles. The highest BCUT2D eigenvalue weighted by Crippen LogP contribution is 2.46. The van der Waals surface area contributed by atoms with Crippen LogP contribution >= 0.6 is 0 Å². The van der Waals surface area contributed by atoms with Gasteiger partial charge in [-0.05, 0) is 56.8 Å². The lowest BCUT2D eigenvalue weighted by Gasteiger charge is -2.47. The Bertz CT molecular complexity index is 615. The summed E-state index contributed by atoms with van der Waals surface area (Å²) in [4.78, 5) is 2.40. The SMILES string of the molecule is CN(C)C1(c2ccccc2)CCC(C(CO)c2ccccc2)CC1. The molecule has 0 bridgehead atoms. The van der Waals surface area contributed by atoms with Crippen molar-refractivity contribution in [2.24, 2.45) is 5.92 Å². The summed E-state index contributed by atoms with van der Waals surface area (Å²) in [6.07, 6.45) is 4.62. The number of rotatable bonds is 5. The Morgan fingerprint density at radius 2 is 1.50 bits per heavy atom. The van der Waals surface area contributed by atoms with E-state index in [0.717, 1.165) is 25.7 Å². The number of benzene rings is 2. The largest absolute Gasteiger partial charge is 0.396 e. The average Bonchev–Trinajstić information content (AvgIpc) is 2.64. The van der Waals surface area contributed by atoms with E-state index >= 15 is 0 Å². The molecule has 2 heteroatoms. The zero-order chi connectivity index (χ0) is 17.0. The molecule has 1 atom stereocenters. The van der Waals surface area contributed by atoms with Gasteiger partial charge < -0.3 is 5.11 Å². The van der Waals surface area contributed by atoms with Crippen LogP contribution in [0.25, 0.3) is 0 Å². The van der Waals surface area contributed by atoms with Crippen LogP contribution in [0.2, 0.25) is 0 Å². The first-order valence-corrected chi connectivity index (χ1v) is 9.06. The number of aliphatic hydroxyl groups is 1. The van der Waals surface area contributed by atoms with Gasteiger partial charge in [0, 0.05) is 11.5 Å². The first-order valence-electron chi connectivity index (χ1n) is 9.06. The Hall–Kier alpha value is -1.64. The maximum atomic E-state index is 9.98. The molecule has 0 heterocycles. The lowest BCUT2D eigenvalue weighted by atomic mass is 9.68. The summed E-state index contributed by atoms with van der Waals surface area (Å²) in [6.45, 7) is 0.245. The number of aliphatic hydroxyl groups excluding tert-OH is 1. The normalized spacial score (nSPS) is 25.6. The second kappa shape index (κ2) is 7.50. The number of hydrogen-bond donors (Lipinski definition) is 1. The standard InChI is InChI=1S/C22H29NO/c1-23(2)22(20-11-7-4-8-12-20)15-13-19(14-16-22)21(17-24)18-9-5-3-6-10-18/h3-12,19,21,24H,13-17H2,1-2H3. The lowest BCUT2D eigenvalue weighted by Crippen LogP contribution is -2.45. The molecule has 24 heavy (non-hydrogen) atoms. The Kier molecular flexibility index (Phi) is 5.37. The predicted octanol–water partition coefficient (Wildman–Crippen LogP) is 4.41. The smallest absolute Gasteiger partial charge is 0.0502 e. The van der Waals surface area contributed by atoms with Crippen molar-refractivity contribution in [1.29, 1.82) is 0 Å². The Morgan fingerprint density at radius 3 is 2.00 bits per heavy atom. The number of hydrogen-bond acceptors (Lipinski definition) is 2. The van der Waals surface area contributed by atoms with Crippen LogP contribution in [0.15, 0.2) is 60.7 Å². The van der Waals surface area contributed by atoms with Gasteiger partial charge in [-0.25, -0.2) is 0 Å². The Balaban J connectivity index is 1.78. The van der Waals surface area contributed by atoms with E-state index < -0.39 is 0 Å². The topological polar surface area (TPSA) is 23.5 Å². The molecular formula is C22H29NO. The Labute approximate surface area is 146 Å². The van der Waals surface area contributed by atoms with Crippen molar-refractivity contribution < 1.29 is 5.11 Å². The summed E-state index contributed by atoms with van der Waals surface area (Å²) >= 11 is 0. The highest BCUT2D eigenvalue weighted by molar-refractivity contribution is 5.26. The van der Waals surface area contributed by atoms with Crippen molar-refractivity contribution in [2.45, 2.75) is 37.1 Å². The van der Waals surface area contributed by atoms with E-state index in [0.29, 0.717) is 5.92 Å². The second-order valence-electron chi connectivity index (χ2n) is 7.33. The molecule has 0 amide bonds. The average molecular weight is 323 g/mol. The van der Waals surface area contributed by atoms with Gasteiger partial charge in [0.1, 0.15) is 0 Å². The van der Waals surface area contributed by atoms with E-state index in [1.54, 1.807) is 0 Å². The molecule has 0 radical (unpaired) electrons. The molecule has 0 saturated heterocycles. The third kappa shape index (κ3) is 3.26. The highest BCUT2D eigenvalue weighted by Gasteiger charge is 2.40. The lowest BCUT2D eigenvalue weighted by molar-refractivity contribution is 0.0629. The maximum absolute atomic E-state index is 9.98. The van der Waals surface area contributed by atoms with Gasteiger partial charge in [0.05, 0.1) is 6.61 Å². The summed E-state index contributed by atoms with van der Waals surface area (Å²) in [5.41, 5.74) is 2.84. The number of nitrogens with zero attached hydrogens (tertiary/aromatic N) is 1. The van der Waals surface area contributed by atoms with Crippen LogP contribution in [0.4, 0.5) is 0 Å². The molecule has 128 valence electrons. The molecule has 0 aromatic heterocycles. The van der Waals surface area contributed by atoms with E-state index in [4.69, 9.17) is 0 Å². The third-order valence-corrected chi connectivity index (χ3v) is 6.02. The zero-order valence-corrected chi connectivity index (χ0v) is 14.9. The quantitative estimate of drug-likeness (QED) is 0.881. The summed E-state index contributed by atoms with van der Waals surface area (Å²) in [5, 5.41) is 9.98. The molecule has 1 fully saturated rings. The van der Waals surface area contributed by atoms with Crippen LogP contribution in [-0.2, 0) is 5.54 Å². The highest BCUT2D eigenvalue weighted by atomic mass is 16.3. The predicted molar refractivity (Wildman–Crippen MR) is 100 cm³/mol. The fraction of sp³-hybridized carbons (Fsp3) is 0.455. The van der Waals surface area contributed by atoms with Crippen LogP contribution in [0.5, 0.6) is 0 Å². The molecule has 1 saturated carbocycles. The molecule has 2 nitrogen and oxygen atoms in total. The minimum atomic E-state index is 0.133. The van der Waals surface area contributed by atoms with E-state index in [2.05, 4.69) is 73.6 Å². The van der Waals surface area contributed by atoms with Gasteiger partial charge in [0.2, 0.25) is 0 Å². The molecule has 1 unspecified atom stereocenters. The van der Waals surface area contributed by atoms with E-state index in [-0.39, 0.29) is 18.1 Å². The third-order valence-electron chi connectivity index (χ3n) is 6.02. The summed E-state index contributed by atoms with van der Waals surface area (Å²) in [6, 6.07) is 21.4. The first kappa shape index (κ1) is 17.2. The van der Waals surface area contributed by atoms with Crippen molar-refractivity contribution in [1.82, 2.24) is 4.90 Å². The van der Waals surface area contributed by atoms with Gasteiger partial charge in [-0.3, -0.25) is 4.90 Å². The Morgan fingerprint density at radius 1 is 0.958 bits per heavy atom. The first-order chi connectivity index (χ1) is 11.7. The molecule has 1 N–H and O–H groups in total. The van der Waals surface area contributed by atoms with Gasteiger partial charge in [0.15, 0.2) is 0 Å². The van der Waals surface area contributed by atoms with E-state index in [9.17, 15) is 5.11 Å². The van der Waals surface area contributed by atoms with Crippen molar-refractivity contribution in [2.75, 3.05) is 20.7 Å². The molecule has 2 aromatic carbocycles. The van der Waals surface area contributed by atoms with Crippen molar-refractivity contribution in [3.8, 4) is 0 Å². The van der Waals surface area contributed by atoms with Crippen LogP contribution < -0.4 is 0 Å². The van der Waals surface area contributed by atoms with Crippen LogP contribution in [0.3, 0.4) is 0 Å². The minimum Gasteiger partial charge on any atom is -0.396 e. The molecule has 0 aliphatic heterocycles. The molecule has 1 aliphatic rings. The van der Waals surface area contributed by atoms with Gasteiger partial charge in [-0.15, -0.1) is 0 Å². The van der Waals surface area contributed by atoms with Gasteiger partial charge >= 0.3 is 0 Å². The monoisotopic (exact) mass is 323 g/mol. The van der Waals surface area contributed by atoms with E-state index in [1.165, 1.54) is 11.1 Å². The zero-order valence-electron chi connectivity index (χ0n) is 14.9. The fourth-order valence-electron chi connectivity index (χ4n) is 4.49. The molecule has 0 spiro atoms. The summed E-state index contributed by atoms with van der Waals surface area (Å²) < 4.78 is 0. The second-order valence-corrected chi connectivity index (χ2v) is 7.33.